The van der Waals surface area contributed by atoms with Crippen LogP contribution in [0, 0.1) is 0 Å². The number of amides is 1. The Balaban J connectivity index is 2.89. The van der Waals surface area contributed by atoms with Crippen LogP contribution in [-0.2, 0) is 4.79 Å². The van der Waals surface area contributed by atoms with Crippen LogP contribution in [0.4, 0.5) is 0 Å². The molecule has 1 amide bonds. The molecule has 0 fully saturated rings. The molecule has 90 valence electrons. The van der Waals surface area contributed by atoms with Crippen LogP contribution in [0.15, 0.2) is 0 Å². The van der Waals surface area contributed by atoms with E-state index in [1.54, 1.807) is 0 Å². The molecule has 0 saturated heterocycles. The molecule has 0 aromatic heterocycles. The van der Waals surface area contributed by atoms with E-state index in [0.717, 1.165) is 39.0 Å². The lowest BCUT2D eigenvalue weighted by Crippen LogP contribution is -2.26. The number of carbonyl (C=O) groups excluding carboxylic acids is 1. The Morgan fingerprint density at radius 1 is 1.00 bits per heavy atom. The van der Waals surface area contributed by atoms with E-state index in [1.807, 2.05) is 7.05 Å². The highest BCUT2D eigenvalue weighted by Crippen LogP contribution is 1.78. The van der Waals surface area contributed by atoms with Gasteiger partial charge in [0.15, 0.2) is 0 Å². The van der Waals surface area contributed by atoms with E-state index >= 15 is 0 Å². The first kappa shape index (κ1) is 14.3. The van der Waals surface area contributed by atoms with Gasteiger partial charge in [0.25, 0.3) is 0 Å². The number of nitrogens with two attached hydrogens (primary N) is 1. The zero-order chi connectivity index (χ0) is 11.4. The summed E-state index contributed by atoms with van der Waals surface area (Å²) in [4.78, 5) is 10.4. The number of hydrogen-bond donors (Lipinski definition) is 4. The van der Waals surface area contributed by atoms with Gasteiger partial charge in [0.2, 0.25) is 5.91 Å². The monoisotopic (exact) mass is 216 g/mol. The molecule has 0 heterocycles. The van der Waals surface area contributed by atoms with Gasteiger partial charge in [-0.05, 0) is 46.1 Å². The van der Waals surface area contributed by atoms with E-state index in [4.69, 9.17) is 5.73 Å². The van der Waals surface area contributed by atoms with Crippen LogP contribution in [0.25, 0.3) is 0 Å². The second-order valence-corrected chi connectivity index (χ2v) is 3.53. The zero-order valence-electron chi connectivity index (χ0n) is 9.64. The van der Waals surface area contributed by atoms with Crippen LogP contribution >= 0.6 is 0 Å². The third-order valence-electron chi connectivity index (χ3n) is 2.04. The Kier molecular flexibility index (Phi) is 10.9. The zero-order valence-corrected chi connectivity index (χ0v) is 9.64. The van der Waals surface area contributed by atoms with Crippen LogP contribution in [0.3, 0.4) is 0 Å². The number of rotatable bonds is 11. The van der Waals surface area contributed by atoms with E-state index in [1.165, 1.54) is 0 Å². The molecular formula is C10H24N4O. The van der Waals surface area contributed by atoms with Gasteiger partial charge in [0.05, 0.1) is 0 Å². The SMILES string of the molecule is CNCCCNCCCNCCC(N)=O. The molecule has 15 heavy (non-hydrogen) atoms. The summed E-state index contributed by atoms with van der Waals surface area (Å²) in [6.07, 6.45) is 2.67. The summed E-state index contributed by atoms with van der Waals surface area (Å²) >= 11 is 0. The number of carbonyl (C=O) groups is 1. The average Bonchev–Trinajstić information content (AvgIpc) is 2.20. The van der Waals surface area contributed by atoms with Gasteiger partial charge in [0, 0.05) is 13.0 Å². The molecule has 5 nitrogen and oxygen atoms in total. The summed E-state index contributed by atoms with van der Waals surface area (Å²) in [6.45, 7) is 4.76. The van der Waals surface area contributed by atoms with Gasteiger partial charge in [-0.3, -0.25) is 4.79 Å². The maximum atomic E-state index is 10.4. The van der Waals surface area contributed by atoms with Crippen LogP contribution < -0.4 is 21.7 Å². The van der Waals surface area contributed by atoms with E-state index in [-0.39, 0.29) is 5.91 Å². The Bertz CT molecular complexity index is 152. The van der Waals surface area contributed by atoms with Crippen molar-refractivity contribution in [2.24, 2.45) is 5.73 Å². The molecule has 0 aromatic carbocycles. The first-order valence-corrected chi connectivity index (χ1v) is 5.61. The number of hydrogen-bond acceptors (Lipinski definition) is 4. The van der Waals surface area contributed by atoms with Crippen molar-refractivity contribution in [2.75, 3.05) is 39.8 Å². The Labute approximate surface area is 92.2 Å². The summed E-state index contributed by atoms with van der Waals surface area (Å²) in [7, 11) is 1.96. The maximum absolute atomic E-state index is 10.4. The highest BCUT2D eigenvalue weighted by atomic mass is 16.1. The van der Waals surface area contributed by atoms with Gasteiger partial charge in [-0.1, -0.05) is 0 Å². The molecule has 0 bridgehead atoms. The minimum absolute atomic E-state index is 0.243. The van der Waals surface area contributed by atoms with E-state index < -0.39 is 0 Å². The van der Waals surface area contributed by atoms with Crippen molar-refractivity contribution >= 4 is 5.91 Å². The third kappa shape index (κ3) is 13.3. The number of primary amides is 1. The molecule has 5 heteroatoms. The van der Waals surface area contributed by atoms with Crippen molar-refractivity contribution in [3.8, 4) is 0 Å². The van der Waals surface area contributed by atoms with Crippen molar-refractivity contribution in [2.45, 2.75) is 19.3 Å². The molecule has 0 unspecified atom stereocenters. The van der Waals surface area contributed by atoms with Gasteiger partial charge in [-0.2, -0.15) is 0 Å². The van der Waals surface area contributed by atoms with Gasteiger partial charge >= 0.3 is 0 Å². The highest BCUT2D eigenvalue weighted by Gasteiger charge is 1.93. The molecule has 5 N–H and O–H groups in total. The quantitative estimate of drug-likeness (QED) is 0.335. The fourth-order valence-corrected chi connectivity index (χ4v) is 1.19. The molecule has 0 saturated carbocycles. The van der Waals surface area contributed by atoms with Crippen molar-refractivity contribution in [3.63, 3.8) is 0 Å². The summed E-state index contributed by atoms with van der Waals surface area (Å²) in [6, 6.07) is 0. The Morgan fingerprint density at radius 3 is 2.07 bits per heavy atom. The first-order chi connectivity index (χ1) is 7.27. The fourth-order valence-electron chi connectivity index (χ4n) is 1.19. The van der Waals surface area contributed by atoms with E-state index in [9.17, 15) is 4.79 Å². The van der Waals surface area contributed by atoms with Crippen LogP contribution in [0.2, 0.25) is 0 Å². The van der Waals surface area contributed by atoms with Crippen LogP contribution in [-0.4, -0.2) is 45.7 Å². The lowest BCUT2D eigenvalue weighted by atomic mass is 10.3. The normalized spacial score (nSPS) is 10.5. The standard InChI is InChI=1S/C10H24N4O/c1-12-5-2-6-13-7-3-8-14-9-4-10(11)15/h12-14H,2-9H2,1H3,(H2,11,15). The summed E-state index contributed by atoms with van der Waals surface area (Å²) in [5.41, 5.74) is 5.00. The Morgan fingerprint density at radius 2 is 1.53 bits per heavy atom. The molecule has 0 aromatic rings. The maximum Gasteiger partial charge on any atom is 0.218 e. The van der Waals surface area contributed by atoms with Crippen molar-refractivity contribution < 1.29 is 4.79 Å². The average molecular weight is 216 g/mol. The lowest BCUT2D eigenvalue weighted by Gasteiger charge is -2.05. The van der Waals surface area contributed by atoms with Gasteiger partial charge in [-0.15, -0.1) is 0 Å². The van der Waals surface area contributed by atoms with Crippen molar-refractivity contribution in [3.05, 3.63) is 0 Å². The minimum atomic E-state index is -0.243. The summed E-state index contributed by atoms with van der Waals surface area (Å²) in [5, 5.41) is 9.61. The molecule has 0 rings (SSSR count). The fraction of sp³-hybridized carbons (Fsp3) is 0.900. The number of nitrogens with one attached hydrogen (secondary N) is 3. The molecule has 0 aliphatic rings. The predicted molar refractivity (Wildman–Crippen MR) is 62.7 cm³/mol. The predicted octanol–water partition coefficient (Wildman–Crippen LogP) is -0.959. The van der Waals surface area contributed by atoms with Crippen LogP contribution in [0.1, 0.15) is 19.3 Å². The second-order valence-electron chi connectivity index (χ2n) is 3.53. The van der Waals surface area contributed by atoms with Crippen molar-refractivity contribution in [1.29, 1.82) is 0 Å². The molecule has 0 atom stereocenters. The molecular weight excluding hydrogens is 192 g/mol. The minimum Gasteiger partial charge on any atom is -0.370 e. The molecule has 0 aliphatic heterocycles. The molecule has 0 aliphatic carbocycles. The molecule has 0 radical (unpaired) electrons. The second kappa shape index (κ2) is 11.4. The van der Waals surface area contributed by atoms with Gasteiger partial charge in [0.1, 0.15) is 0 Å². The van der Waals surface area contributed by atoms with Crippen LogP contribution in [0.5, 0.6) is 0 Å². The largest absolute Gasteiger partial charge is 0.370 e. The Hall–Kier alpha value is -0.650. The lowest BCUT2D eigenvalue weighted by molar-refractivity contribution is -0.117. The third-order valence-corrected chi connectivity index (χ3v) is 2.04. The summed E-state index contributed by atoms with van der Waals surface area (Å²) < 4.78 is 0. The van der Waals surface area contributed by atoms with E-state index in [0.29, 0.717) is 13.0 Å². The van der Waals surface area contributed by atoms with E-state index in [2.05, 4.69) is 16.0 Å². The van der Waals surface area contributed by atoms with Gasteiger partial charge < -0.3 is 21.7 Å². The topological polar surface area (TPSA) is 79.2 Å². The highest BCUT2D eigenvalue weighted by molar-refractivity contribution is 5.73. The van der Waals surface area contributed by atoms with Crippen molar-refractivity contribution in [1.82, 2.24) is 16.0 Å². The smallest absolute Gasteiger partial charge is 0.218 e. The summed E-state index contributed by atoms with van der Waals surface area (Å²) in [5.74, 6) is -0.243. The first-order valence-electron chi connectivity index (χ1n) is 5.61. The van der Waals surface area contributed by atoms with Gasteiger partial charge in [-0.25, -0.2) is 0 Å². The molecule has 0 spiro atoms.